The molecule has 0 spiro atoms. The number of nitrogens with zero attached hydrogens (tertiary/aromatic N) is 2. The molecule has 4 unspecified atom stereocenters. The van der Waals surface area contributed by atoms with Gasteiger partial charge in [0.1, 0.15) is 11.5 Å². The first-order chi connectivity index (χ1) is 14.6. The third kappa shape index (κ3) is 8.01. The van der Waals surface area contributed by atoms with Crippen molar-refractivity contribution < 1.29 is 13.4 Å². The molecule has 1 saturated carbocycles. The molecule has 0 radical (unpaired) electrons. The topological polar surface area (TPSA) is 79.1 Å². The zero-order chi connectivity index (χ0) is 21.3. The molecular formula is C22H39IN4O3S. The van der Waals surface area contributed by atoms with Gasteiger partial charge in [-0.1, -0.05) is 13.3 Å². The summed E-state index contributed by atoms with van der Waals surface area (Å²) < 4.78 is 23.8. The lowest BCUT2D eigenvalue weighted by molar-refractivity contribution is 0.0135. The number of hydrogen-bond donors (Lipinski definition) is 2. The molecule has 2 N–H and O–H groups in total. The largest absolute Gasteiger partial charge is 0.465 e. The van der Waals surface area contributed by atoms with Crippen LogP contribution in [0.2, 0.25) is 0 Å². The quantitative estimate of drug-likeness (QED) is 0.286. The van der Waals surface area contributed by atoms with Gasteiger partial charge in [-0.3, -0.25) is 14.1 Å². The molecule has 7 nitrogen and oxygen atoms in total. The maximum Gasteiger partial charge on any atom is 0.191 e. The number of ether oxygens (including phenoxy) is 1. The van der Waals surface area contributed by atoms with Crippen LogP contribution in [-0.4, -0.2) is 71.5 Å². The standard InChI is InChI=1S/C22H38N4O3S.HI/c1-4-23-22(25-18-7-6-8-19(15-18)30(27)5-2)24-16-20(21-10-9-17(3)29-21)26-11-13-28-14-12-26;/h9-10,18-20H,4-8,11-16H2,1-3H3,(H2,23,24,25);1H. The van der Waals surface area contributed by atoms with E-state index < -0.39 is 10.8 Å². The van der Waals surface area contributed by atoms with Crippen molar-refractivity contribution in [3.8, 4) is 0 Å². The first kappa shape index (κ1) is 26.6. The van der Waals surface area contributed by atoms with Crippen molar-refractivity contribution in [2.24, 2.45) is 4.99 Å². The van der Waals surface area contributed by atoms with E-state index in [4.69, 9.17) is 14.1 Å². The third-order valence-electron chi connectivity index (χ3n) is 5.97. The van der Waals surface area contributed by atoms with E-state index in [-0.39, 0.29) is 30.0 Å². The molecule has 0 amide bonds. The van der Waals surface area contributed by atoms with Crippen LogP contribution >= 0.6 is 24.0 Å². The highest BCUT2D eigenvalue weighted by Crippen LogP contribution is 2.25. The Morgan fingerprint density at radius 1 is 1.29 bits per heavy atom. The van der Waals surface area contributed by atoms with E-state index >= 15 is 0 Å². The minimum Gasteiger partial charge on any atom is -0.465 e. The van der Waals surface area contributed by atoms with Crippen LogP contribution < -0.4 is 10.6 Å². The average molecular weight is 567 g/mol. The number of guanidine groups is 1. The van der Waals surface area contributed by atoms with Crippen LogP contribution in [0, 0.1) is 6.92 Å². The first-order valence-electron chi connectivity index (χ1n) is 11.4. The Morgan fingerprint density at radius 2 is 2.06 bits per heavy atom. The predicted molar refractivity (Wildman–Crippen MR) is 138 cm³/mol. The molecule has 1 aromatic rings. The number of halogens is 1. The van der Waals surface area contributed by atoms with Crippen LogP contribution in [0.15, 0.2) is 21.5 Å². The molecule has 2 aliphatic rings. The second kappa shape index (κ2) is 13.8. The Labute approximate surface area is 206 Å². The molecule has 1 aliphatic heterocycles. The van der Waals surface area contributed by atoms with Gasteiger partial charge in [0.25, 0.3) is 0 Å². The van der Waals surface area contributed by atoms with E-state index in [2.05, 4.69) is 28.5 Å². The minimum absolute atomic E-state index is 0. The van der Waals surface area contributed by atoms with Crippen molar-refractivity contribution in [1.29, 1.82) is 0 Å². The van der Waals surface area contributed by atoms with E-state index in [1.807, 2.05) is 19.9 Å². The van der Waals surface area contributed by atoms with Gasteiger partial charge in [0.05, 0.1) is 25.8 Å². The molecule has 9 heteroatoms. The van der Waals surface area contributed by atoms with E-state index in [9.17, 15) is 4.21 Å². The Bertz CT molecular complexity index is 709. The Morgan fingerprint density at radius 3 is 2.71 bits per heavy atom. The second-order valence-corrected chi connectivity index (χ2v) is 10.1. The molecular weight excluding hydrogens is 527 g/mol. The van der Waals surface area contributed by atoms with Crippen molar-refractivity contribution in [3.05, 3.63) is 23.7 Å². The fourth-order valence-electron chi connectivity index (χ4n) is 4.35. The summed E-state index contributed by atoms with van der Waals surface area (Å²) in [5, 5.41) is 7.31. The van der Waals surface area contributed by atoms with Crippen molar-refractivity contribution in [2.45, 2.75) is 63.8 Å². The molecule has 2 heterocycles. The Kier molecular flexibility index (Phi) is 11.8. The minimum atomic E-state index is -0.721. The maximum absolute atomic E-state index is 12.3. The van der Waals surface area contributed by atoms with Gasteiger partial charge in [0.15, 0.2) is 5.96 Å². The SMILES string of the molecule is CCNC(=NCC(c1ccc(C)o1)N1CCOCC1)NC1CCCC(S(=O)CC)C1.I. The zero-order valence-corrected chi connectivity index (χ0v) is 22.2. The number of morpholine rings is 1. The van der Waals surface area contributed by atoms with Gasteiger partial charge in [0, 0.05) is 47.5 Å². The zero-order valence-electron chi connectivity index (χ0n) is 19.1. The summed E-state index contributed by atoms with van der Waals surface area (Å²) in [6.07, 6.45) is 4.25. The number of hydrogen-bond acceptors (Lipinski definition) is 5. The smallest absolute Gasteiger partial charge is 0.191 e. The third-order valence-corrected chi connectivity index (χ3v) is 7.71. The van der Waals surface area contributed by atoms with Crippen LogP contribution in [0.25, 0.3) is 0 Å². The molecule has 1 aromatic heterocycles. The molecule has 0 aromatic carbocycles. The van der Waals surface area contributed by atoms with Crippen LogP contribution in [0.1, 0.15) is 57.1 Å². The van der Waals surface area contributed by atoms with E-state index in [1.165, 1.54) is 0 Å². The number of rotatable bonds is 8. The predicted octanol–water partition coefficient (Wildman–Crippen LogP) is 3.21. The first-order valence-corrected chi connectivity index (χ1v) is 12.8. The highest BCUT2D eigenvalue weighted by atomic mass is 127. The van der Waals surface area contributed by atoms with Crippen molar-refractivity contribution in [1.82, 2.24) is 15.5 Å². The fourth-order valence-corrected chi connectivity index (χ4v) is 5.70. The van der Waals surface area contributed by atoms with Gasteiger partial charge in [-0.25, -0.2) is 0 Å². The van der Waals surface area contributed by atoms with Crippen LogP contribution in [0.3, 0.4) is 0 Å². The van der Waals surface area contributed by atoms with Crippen molar-refractivity contribution in [3.63, 3.8) is 0 Å². The summed E-state index contributed by atoms with van der Waals surface area (Å²) in [6, 6.07) is 4.51. The highest BCUT2D eigenvalue weighted by Gasteiger charge is 2.27. The molecule has 1 saturated heterocycles. The maximum atomic E-state index is 12.3. The summed E-state index contributed by atoms with van der Waals surface area (Å²) in [5.74, 6) is 3.47. The molecule has 31 heavy (non-hydrogen) atoms. The summed E-state index contributed by atoms with van der Waals surface area (Å²) in [5.41, 5.74) is 0. The van der Waals surface area contributed by atoms with Gasteiger partial charge in [-0.05, 0) is 45.2 Å². The molecule has 2 fully saturated rings. The Hall–Kier alpha value is -0.650. The number of aryl methyl sites for hydroxylation is 1. The molecule has 4 atom stereocenters. The molecule has 1 aliphatic carbocycles. The summed E-state index contributed by atoms with van der Waals surface area (Å²) >= 11 is 0. The van der Waals surface area contributed by atoms with Gasteiger partial charge in [-0.2, -0.15) is 0 Å². The van der Waals surface area contributed by atoms with E-state index in [0.717, 1.165) is 81.8 Å². The highest BCUT2D eigenvalue weighted by molar-refractivity contribution is 14.0. The molecule has 0 bridgehead atoms. The van der Waals surface area contributed by atoms with Crippen molar-refractivity contribution >= 4 is 40.7 Å². The van der Waals surface area contributed by atoms with Crippen LogP contribution in [-0.2, 0) is 15.5 Å². The fraction of sp³-hybridized carbons (Fsp3) is 0.773. The average Bonchev–Trinajstić information content (AvgIpc) is 3.20. The lowest BCUT2D eigenvalue weighted by Crippen LogP contribution is -2.47. The number of furan rings is 1. The van der Waals surface area contributed by atoms with Gasteiger partial charge >= 0.3 is 0 Å². The Balaban J connectivity index is 0.00000341. The molecule has 178 valence electrons. The van der Waals surface area contributed by atoms with Crippen molar-refractivity contribution in [2.75, 3.05) is 45.1 Å². The lowest BCUT2D eigenvalue weighted by Gasteiger charge is -2.33. The number of aliphatic imine (C=N–C) groups is 1. The van der Waals surface area contributed by atoms with Crippen LogP contribution in [0.4, 0.5) is 0 Å². The normalized spacial score (nSPS) is 24.8. The van der Waals surface area contributed by atoms with Gasteiger partial charge < -0.3 is 19.8 Å². The van der Waals surface area contributed by atoms with E-state index in [1.54, 1.807) is 0 Å². The molecule has 3 rings (SSSR count). The summed E-state index contributed by atoms with van der Waals surface area (Å²) in [6.45, 7) is 10.8. The number of nitrogens with one attached hydrogen (secondary N) is 2. The summed E-state index contributed by atoms with van der Waals surface area (Å²) in [4.78, 5) is 7.33. The van der Waals surface area contributed by atoms with Gasteiger partial charge in [-0.15, -0.1) is 24.0 Å². The second-order valence-electron chi connectivity index (χ2n) is 8.13. The summed E-state index contributed by atoms with van der Waals surface area (Å²) in [7, 11) is -0.721. The monoisotopic (exact) mass is 566 g/mol. The lowest BCUT2D eigenvalue weighted by atomic mass is 9.95. The van der Waals surface area contributed by atoms with Crippen LogP contribution in [0.5, 0.6) is 0 Å². The van der Waals surface area contributed by atoms with Gasteiger partial charge in [0.2, 0.25) is 0 Å². The van der Waals surface area contributed by atoms with E-state index in [0.29, 0.717) is 17.8 Å².